The van der Waals surface area contributed by atoms with Gasteiger partial charge in [0, 0.05) is 31.2 Å². The Morgan fingerprint density at radius 2 is 1.71 bits per heavy atom. The van der Waals surface area contributed by atoms with Gasteiger partial charge < -0.3 is 10.2 Å². The fourth-order valence-corrected chi connectivity index (χ4v) is 5.47. The van der Waals surface area contributed by atoms with Crippen LogP contribution in [0.15, 0.2) is 0 Å². The predicted octanol–water partition coefficient (Wildman–Crippen LogP) is 3.91. The van der Waals surface area contributed by atoms with E-state index in [1.54, 1.807) is 0 Å². The van der Waals surface area contributed by atoms with E-state index >= 15 is 0 Å². The number of likely N-dealkylation sites (tertiary alicyclic amines) is 1. The van der Waals surface area contributed by atoms with Crippen LogP contribution in [-0.2, 0) is 0 Å². The highest BCUT2D eigenvalue weighted by Gasteiger charge is 2.42. The number of fused-ring (bicyclic) bond motifs is 2. The molecule has 1 heterocycles. The molecular weight excluding hydrogens is 256 g/mol. The minimum absolute atomic E-state index is 0.726. The normalized spacial score (nSPS) is 44.4. The van der Waals surface area contributed by atoms with Gasteiger partial charge in [0.2, 0.25) is 0 Å². The number of hydrogen-bond donors (Lipinski definition) is 1. The van der Waals surface area contributed by atoms with Crippen molar-refractivity contribution in [3.8, 4) is 0 Å². The number of rotatable bonds is 4. The van der Waals surface area contributed by atoms with E-state index in [-0.39, 0.29) is 0 Å². The van der Waals surface area contributed by atoms with Gasteiger partial charge in [0.05, 0.1) is 0 Å². The Morgan fingerprint density at radius 3 is 2.24 bits per heavy atom. The second-order valence-corrected chi connectivity index (χ2v) is 8.40. The van der Waals surface area contributed by atoms with Crippen molar-refractivity contribution in [3.05, 3.63) is 0 Å². The first-order chi connectivity index (χ1) is 10.1. The summed E-state index contributed by atoms with van der Waals surface area (Å²) < 4.78 is 0. The van der Waals surface area contributed by atoms with E-state index in [1.807, 2.05) is 0 Å². The third-order valence-corrected chi connectivity index (χ3v) is 6.99. The van der Waals surface area contributed by atoms with E-state index in [2.05, 4.69) is 37.9 Å². The molecule has 1 aliphatic heterocycles. The highest BCUT2D eigenvalue weighted by Crippen LogP contribution is 2.39. The first kappa shape index (κ1) is 15.8. The van der Waals surface area contributed by atoms with E-state index in [1.165, 1.54) is 51.6 Å². The van der Waals surface area contributed by atoms with Gasteiger partial charge in [0.1, 0.15) is 0 Å². The van der Waals surface area contributed by atoms with Gasteiger partial charge in [-0.05, 0) is 63.2 Å². The van der Waals surface area contributed by atoms with Crippen molar-refractivity contribution in [1.82, 2.24) is 10.2 Å². The molecule has 3 fully saturated rings. The zero-order valence-corrected chi connectivity index (χ0v) is 14.6. The summed E-state index contributed by atoms with van der Waals surface area (Å²) in [6, 6.07) is 2.34. The Morgan fingerprint density at radius 1 is 1.05 bits per heavy atom. The first-order valence-corrected chi connectivity index (χ1v) is 9.60. The summed E-state index contributed by atoms with van der Waals surface area (Å²) in [5, 5.41) is 4.17. The molecule has 5 atom stereocenters. The largest absolute Gasteiger partial charge is 0.310 e. The smallest absolute Gasteiger partial charge is 0.0151 e. The number of piperidine rings is 1. The van der Waals surface area contributed by atoms with Gasteiger partial charge in [-0.15, -0.1) is 0 Å². The van der Waals surface area contributed by atoms with Crippen LogP contribution in [0.1, 0.15) is 66.2 Å². The van der Waals surface area contributed by atoms with Crippen molar-refractivity contribution >= 4 is 0 Å². The topological polar surface area (TPSA) is 15.3 Å². The number of nitrogens with zero attached hydrogens (tertiary/aromatic N) is 1. The lowest BCUT2D eigenvalue weighted by Crippen LogP contribution is -2.60. The van der Waals surface area contributed by atoms with E-state index in [4.69, 9.17) is 0 Å². The summed E-state index contributed by atoms with van der Waals surface area (Å²) in [6.45, 7) is 12.3. The minimum atomic E-state index is 0.726. The summed E-state index contributed by atoms with van der Waals surface area (Å²) in [5.41, 5.74) is 0. The van der Waals surface area contributed by atoms with Crippen molar-refractivity contribution in [3.63, 3.8) is 0 Å². The maximum Gasteiger partial charge on any atom is 0.0151 e. The fraction of sp³-hybridized carbons (Fsp3) is 1.00. The lowest BCUT2D eigenvalue weighted by molar-refractivity contribution is 0.0226. The Kier molecular flexibility index (Phi) is 4.95. The van der Waals surface area contributed by atoms with Crippen LogP contribution >= 0.6 is 0 Å². The first-order valence-electron chi connectivity index (χ1n) is 9.60. The van der Waals surface area contributed by atoms with Gasteiger partial charge in [0.15, 0.2) is 0 Å². The Labute approximate surface area is 132 Å². The SMILES string of the molecule is CCC1CCC(NC2C3CCCC2CN(C(C)C)C3)C1C. The lowest BCUT2D eigenvalue weighted by atomic mass is 9.72. The second-order valence-electron chi connectivity index (χ2n) is 8.40. The average molecular weight is 293 g/mol. The van der Waals surface area contributed by atoms with Gasteiger partial charge in [0.25, 0.3) is 0 Å². The Balaban J connectivity index is 1.63. The van der Waals surface area contributed by atoms with Crippen LogP contribution in [0.5, 0.6) is 0 Å². The van der Waals surface area contributed by atoms with E-state index < -0.39 is 0 Å². The quantitative estimate of drug-likeness (QED) is 0.845. The second kappa shape index (κ2) is 6.58. The van der Waals surface area contributed by atoms with E-state index in [0.29, 0.717) is 0 Å². The molecule has 21 heavy (non-hydrogen) atoms. The van der Waals surface area contributed by atoms with Crippen LogP contribution in [0, 0.1) is 23.7 Å². The lowest BCUT2D eigenvalue weighted by Gasteiger charge is -2.50. The number of hydrogen-bond acceptors (Lipinski definition) is 2. The molecule has 5 unspecified atom stereocenters. The molecule has 2 nitrogen and oxygen atoms in total. The van der Waals surface area contributed by atoms with Crippen LogP contribution in [-0.4, -0.2) is 36.1 Å². The summed E-state index contributed by atoms with van der Waals surface area (Å²) in [5.74, 6) is 3.68. The van der Waals surface area contributed by atoms with Crippen molar-refractivity contribution < 1.29 is 0 Å². The summed E-state index contributed by atoms with van der Waals surface area (Å²) in [6.07, 6.45) is 8.62. The van der Waals surface area contributed by atoms with Gasteiger partial charge >= 0.3 is 0 Å². The maximum atomic E-state index is 4.17. The molecule has 2 aliphatic carbocycles. The summed E-state index contributed by atoms with van der Waals surface area (Å²) >= 11 is 0. The number of nitrogens with one attached hydrogen (secondary N) is 1. The minimum Gasteiger partial charge on any atom is -0.310 e. The summed E-state index contributed by atoms with van der Waals surface area (Å²) in [7, 11) is 0. The molecule has 0 aromatic carbocycles. The monoisotopic (exact) mass is 292 g/mol. The highest BCUT2D eigenvalue weighted by atomic mass is 15.2. The molecule has 0 spiro atoms. The molecular formula is C19H36N2. The average Bonchev–Trinajstić information content (AvgIpc) is 2.79. The molecule has 2 heteroatoms. The van der Waals surface area contributed by atoms with Crippen molar-refractivity contribution in [2.75, 3.05) is 13.1 Å². The van der Waals surface area contributed by atoms with E-state index in [9.17, 15) is 0 Å². The molecule has 1 saturated heterocycles. The maximum absolute atomic E-state index is 4.17. The third kappa shape index (κ3) is 3.17. The van der Waals surface area contributed by atoms with Crippen molar-refractivity contribution in [2.24, 2.45) is 23.7 Å². The van der Waals surface area contributed by atoms with Gasteiger partial charge in [-0.2, -0.15) is 0 Å². The Hall–Kier alpha value is -0.0800. The standard InChI is InChI=1S/C19H36N2/c1-5-15-9-10-18(14(15)4)20-19-16-7-6-8-17(19)12-21(11-16)13(2)3/h13-20H,5-12H2,1-4H3. The molecule has 3 rings (SSSR count). The molecule has 0 radical (unpaired) electrons. The van der Waals surface area contributed by atoms with Gasteiger partial charge in [-0.3, -0.25) is 0 Å². The summed E-state index contributed by atoms with van der Waals surface area (Å²) in [4.78, 5) is 2.74. The van der Waals surface area contributed by atoms with Crippen LogP contribution in [0.4, 0.5) is 0 Å². The van der Waals surface area contributed by atoms with Crippen LogP contribution < -0.4 is 5.32 Å². The van der Waals surface area contributed by atoms with Gasteiger partial charge in [-0.25, -0.2) is 0 Å². The van der Waals surface area contributed by atoms with Crippen molar-refractivity contribution in [2.45, 2.75) is 84.3 Å². The van der Waals surface area contributed by atoms with E-state index in [0.717, 1.165) is 41.8 Å². The van der Waals surface area contributed by atoms with Crippen LogP contribution in [0.3, 0.4) is 0 Å². The Bertz CT molecular complexity index is 326. The third-order valence-electron chi connectivity index (χ3n) is 6.99. The molecule has 0 aromatic rings. The molecule has 1 N–H and O–H groups in total. The molecule has 0 aromatic heterocycles. The zero-order chi connectivity index (χ0) is 15.0. The molecule has 2 bridgehead atoms. The van der Waals surface area contributed by atoms with Crippen LogP contribution in [0.25, 0.3) is 0 Å². The molecule has 0 amide bonds. The van der Waals surface area contributed by atoms with Crippen molar-refractivity contribution in [1.29, 1.82) is 0 Å². The fourth-order valence-electron chi connectivity index (χ4n) is 5.47. The highest BCUT2D eigenvalue weighted by molar-refractivity contribution is 4.98. The molecule has 122 valence electrons. The predicted molar refractivity (Wildman–Crippen MR) is 90.4 cm³/mol. The van der Waals surface area contributed by atoms with Gasteiger partial charge in [-0.1, -0.05) is 26.7 Å². The zero-order valence-electron chi connectivity index (χ0n) is 14.6. The molecule has 3 aliphatic rings. The molecule has 2 saturated carbocycles. The van der Waals surface area contributed by atoms with Crippen LogP contribution in [0.2, 0.25) is 0 Å².